The summed E-state index contributed by atoms with van der Waals surface area (Å²) in [7, 11) is -1.74. The monoisotopic (exact) mass is 247 g/mol. The lowest BCUT2D eigenvalue weighted by Gasteiger charge is -2.09. The Morgan fingerprint density at radius 2 is 2.07 bits per heavy atom. The Morgan fingerprint density at radius 1 is 1.53 bits per heavy atom. The van der Waals surface area contributed by atoms with Gasteiger partial charge in [0.25, 0.3) is 0 Å². The van der Waals surface area contributed by atoms with Crippen molar-refractivity contribution in [1.82, 2.24) is 4.72 Å². The van der Waals surface area contributed by atoms with Crippen molar-refractivity contribution in [2.75, 3.05) is 5.75 Å². The third-order valence-electron chi connectivity index (χ3n) is 1.47. The van der Waals surface area contributed by atoms with Crippen LogP contribution in [0.25, 0.3) is 0 Å². The lowest BCUT2D eigenvalue weighted by Crippen LogP contribution is -2.36. The van der Waals surface area contributed by atoms with Gasteiger partial charge >= 0.3 is 12.1 Å². The van der Waals surface area contributed by atoms with Crippen LogP contribution < -0.4 is 4.72 Å². The van der Waals surface area contributed by atoms with Gasteiger partial charge in [-0.1, -0.05) is 0 Å². The molecular formula is C7H12F3NO3S. The van der Waals surface area contributed by atoms with Crippen LogP contribution in [-0.4, -0.2) is 33.3 Å². The normalized spacial score (nSPS) is 16.0. The summed E-state index contributed by atoms with van der Waals surface area (Å²) in [6, 6.07) is -1.03. The van der Waals surface area contributed by atoms with E-state index in [0.29, 0.717) is 0 Å². The van der Waals surface area contributed by atoms with Crippen LogP contribution >= 0.6 is 0 Å². The van der Waals surface area contributed by atoms with Crippen LogP contribution in [0.4, 0.5) is 13.2 Å². The van der Waals surface area contributed by atoms with Crippen LogP contribution in [-0.2, 0) is 15.8 Å². The number of nitrogens with one attached hydrogen (secondary N) is 1. The van der Waals surface area contributed by atoms with Crippen molar-refractivity contribution in [3.8, 4) is 0 Å². The fourth-order valence-corrected chi connectivity index (χ4v) is 1.73. The molecule has 0 heterocycles. The molecule has 0 saturated carbocycles. The first-order valence-corrected chi connectivity index (χ1v) is 5.48. The summed E-state index contributed by atoms with van der Waals surface area (Å²) >= 11 is 0. The van der Waals surface area contributed by atoms with Gasteiger partial charge in [-0.05, 0) is 13.3 Å². The molecule has 2 N–H and O–H groups in total. The van der Waals surface area contributed by atoms with Crippen LogP contribution in [0, 0.1) is 0 Å². The molecule has 4 nitrogen and oxygen atoms in total. The van der Waals surface area contributed by atoms with Crippen molar-refractivity contribution in [2.24, 2.45) is 0 Å². The maximum atomic E-state index is 11.7. The van der Waals surface area contributed by atoms with E-state index >= 15 is 0 Å². The molecular weight excluding hydrogens is 235 g/mol. The van der Waals surface area contributed by atoms with E-state index in [4.69, 9.17) is 5.11 Å². The van der Waals surface area contributed by atoms with Crippen molar-refractivity contribution in [3.05, 3.63) is 0 Å². The Kier molecular flexibility index (Phi) is 5.81. The van der Waals surface area contributed by atoms with E-state index in [9.17, 15) is 22.2 Å². The zero-order chi connectivity index (χ0) is 12.1. The molecule has 0 aliphatic rings. The van der Waals surface area contributed by atoms with Crippen LogP contribution in [0.3, 0.4) is 0 Å². The van der Waals surface area contributed by atoms with Crippen molar-refractivity contribution in [1.29, 1.82) is 0 Å². The summed E-state index contributed by atoms with van der Waals surface area (Å²) in [5.41, 5.74) is 0. The molecule has 0 fully saturated rings. The van der Waals surface area contributed by atoms with E-state index in [1.54, 1.807) is 0 Å². The van der Waals surface area contributed by atoms with Gasteiger partial charge in [0, 0.05) is 12.2 Å². The van der Waals surface area contributed by atoms with Crippen molar-refractivity contribution < 1.29 is 27.3 Å². The summed E-state index contributed by atoms with van der Waals surface area (Å²) in [5, 5.41) is 8.41. The highest BCUT2D eigenvalue weighted by Gasteiger charge is 2.26. The highest BCUT2D eigenvalue weighted by atomic mass is 32.2. The number of halogens is 3. The minimum absolute atomic E-state index is 0.211. The molecule has 0 saturated heterocycles. The van der Waals surface area contributed by atoms with E-state index in [0.717, 1.165) is 0 Å². The predicted molar refractivity (Wildman–Crippen MR) is 48.5 cm³/mol. The predicted octanol–water partition coefficient (Wildman–Crippen LogP) is 1.06. The highest BCUT2D eigenvalue weighted by molar-refractivity contribution is 7.83. The standard InChI is InChI=1S/C7H12F3NO3S/c1-5(6(12)13)11-15(14)4-2-3-7(8,9)10/h5,11H,2-4H2,1H3,(H,12,13)/t5-,15?/m1/s1. The smallest absolute Gasteiger partial charge is 0.389 e. The molecule has 15 heavy (non-hydrogen) atoms. The molecule has 90 valence electrons. The van der Waals surface area contributed by atoms with Gasteiger partial charge in [0.1, 0.15) is 6.04 Å². The number of rotatable bonds is 6. The van der Waals surface area contributed by atoms with Gasteiger partial charge in [-0.3, -0.25) is 4.79 Å². The number of hydrogen-bond acceptors (Lipinski definition) is 2. The van der Waals surface area contributed by atoms with E-state index in [-0.39, 0.29) is 12.2 Å². The highest BCUT2D eigenvalue weighted by Crippen LogP contribution is 2.21. The SMILES string of the molecule is C[C@@H](NS(=O)CCCC(F)(F)F)C(=O)O. The van der Waals surface area contributed by atoms with Crippen LogP contribution in [0.5, 0.6) is 0 Å². The zero-order valence-electron chi connectivity index (χ0n) is 8.00. The summed E-state index contributed by atoms with van der Waals surface area (Å²) in [6.45, 7) is 1.27. The number of hydrogen-bond donors (Lipinski definition) is 2. The van der Waals surface area contributed by atoms with Gasteiger partial charge in [-0.15, -0.1) is 0 Å². The molecule has 0 amide bonds. The molecule has 0 aliphatic heterocycles. The number of aliphatic carboxylic acids is 1. The largest absolute Gasteiger partial charge is 0.480 e. The second-order valence-electron chi connectivity index (χ2n) is 2.95. The Labute approximate surface area is 87.4 Å². The van der Waals surface area contributed by atoms with Crippen LogP contribution in [0.15, 0.2) is 0 Å². The third-order valence-corrected chi connectivity index (χ3v) is 2.74. The Bertz CT molecular complexity index is 244. The Morgan fingerprint density at radius 3 is 2.47 bits per heavy atom. The minimum atomic E-state index is -4.26. The zero-order valence-corrected chi connectivity index (χ0v) is 8.82. The minimum Gasteiger partial charge on any atom is -0.480 e. The summed E-state index contributed by atoms with van der Waals surface area (Å²) < 4.78 is 48.2. The van der Waals surface area contributed by atoms with Crippen molar-refractivity contribution >= 4 is 17.0 Å². The van der Waals surface area contributed by atoms with Gasteiger partial charge in [0.2, 0.25) is 0 Å². The van der Waals surface area contributed by atoms with Gasteiger partial charge in [-0.2, -0.15) is 13.2 Å². The molecule has 0 rings (SSSR count). The Hall–Kier alpha value is -0.630. The summed E-state index contributed by atoms with van der Waals surface area (Å²) in [5.74, 6) is -1.41. The second kappa shape index (κ2) is 6.06. The van der Waals surface area contributed by atoms with Crippen LogP contribution in [0.2, 0.25) is 0 Å². The molecule has 1 unspecified atom stereocenters. The molecule has 0 aromatic heterocycles. The average Bonchev–Trinajstić information content (AvgIpc) is 2.01. The topological polar surface area (TPSA) is 66.4 Å². The molecule has 0 aromatic rings. The fourth-order valence-electron chi connectivity index (χ4n) is 0.710. The molecule has 8 heteroatoms. The third kappa shape index (κ3) is 8.37. The molecule has 0 bridgehead atoms. The number of carboxylic acid groups (broad SMARTS) is 1. The molecule has 0 spiro atoms. The maximum Gasteiger partial charge on any atom is 0.389 e. The quantitative estimate of drug-likeness (QED) is 0.737. The van der Waals surface area contributed by atoms with Gasteiger partial charge in [0.05, 0.1) is 11.0 Å². The number of carbonyl (C=O) groups is 1. The van der Waals surface area contributed by atoms with Gasteiger partial charge in [-0.25, -0.2) is 8.93 Å². The van der Waals surface area contributed by atoms with Crippen molar-refractivity contribution in [2.45, 2.75) is 32.0 Å². The Balaban J connectivity index is 3.72. The van der Waals surface area contributed by atoms with Crippen molar-refractivity contribution in [3.63, 3.8) is 0 Å². The number of alkyl halides is 3. The molecule has 0 radical (unpaired) electrons. The second-order valence-corrected chi connectivity index (χ2v) is 4.28. The first-order chi connectivity index (χ1) is 6.72. The summed E-state index contributed by atoms with van der Waals surface area (Å²) in [4.78, 5) is 10.3. The summed E-state index contributed by atoms with van der Waals surface area (Å²) in [6.07, 6.45) is -5.56. The fraction of sp³-hybridized carbons (Fsp3) is 0.857. The van der Waals surface area contributed by atoms with Gasteiger partial charge < -0.3 is 5.11 Å². The van der Waals surface area contributed by atoms with Crippen LogP contribution in [0.1, 0.15) is 19.8 Å². The van der Waals surface area contributed by atoms with E-state index < -0.39 is 35.6 Å². The average molecular weight is 247 g/mol. The maximum absolute atomic E-state index is 11.7. The lowest BCUT2D eigenvalue weighted by molar-refractivity contribution is -0.138. The van der Waals surface area contributed by atoms with E-state index in [2.05, 4.69) is 4.72 Å². The lowest BCUT2D eigenvalue weighted by atomic mass is 10.3. The first kappa shape index (κ1) is 14.4. The van der Waals surface area contributed by atoms with E-state index in [1.807, 2.05) is 0 Å². The van der Waals surface area contributed by atoms with E-state index in [1.165, 1.54) is 6.92 Å². The van der Waals surface area contributed by atoms with Gasteiger partial charge in [0.15, 0.2) is 0 Å². The first-order valence-electron chi connectivity index (χ1n) is 4.16. The molecule has 0 aliphatic carbocycles. The molecule has 2 atom stereocenters. The number of carboxylic acids is 1. The molecule has 0 aromatic carbocycles.